The molecule has 0 bridgehead atoms. The highest BCUT2D eigenvalue weighted by atomic mass is 35.5. The Morgan fingerprint density at radius 3 is 2.26 bits per heavy atom. The average molecular weight is 477 g/mol. The molecule has 0 radical (unpaired) electrons. The number of nitrogens with one attached hydrogen (secondary N) is 1. The molecule has 176 valence electrons. The van der Waals surface area contributed by atoms with E-state index in [1.807, 2.05) is 66.7 Å². The lowest BCUT2D eigenvalue weighted by molar-refractivity contribution is -0.122. The van der Waals surface area contributed by atoms with Gasteiger partial charge in [-0.3, -0.25) is 14.6 Å². The van der Waals surface area contributed by atoms with E-state index in [-0.39, 0.29) is 5.91 Å². The summed E-state index contributed by atoms with van der Waals surface area (Å²) < 4.78 is 5.79. The Hall–Kier alpha value is -3.19. The van der Waals surface area contributed by atoms with Crippen molar-refractivity contribution in [3.8, 4) is 5.75 Å². The van der Waals surface area contributed by atoms with E-state index in [9.17, 15) is 4.79 Å². The molecule has 1 aliphatic heterocycles. The van der Waals surface area contributed by atoms with Gasteiger partial charge in [0.25, 0.3) is 5.91 Å². The number of rotatable bonds is 9. The maximum absolute atomic E-state index is 12.3. The number of amides is 1. The van der Waals surface area contributed by atoms with Gasteiger partial charge in [0.05, 0.1) is 12.8 Å². The van der Waals surface area contributed by atoms with Gasteiger partial charge in [0.15, 0.2) is 0 Å². The molecule has 4 rings (SSSR count). The maximum atomic E-state index is 12.3. The highest BCUT2D eigenvalue weighted by Crippen LogP contribution is 2.14. The van der Waals surface area contributed by atoms with Crippen LogP contribution in [0.15, 0.2) is 84.0 Å². The molecule has 0 atom stereocenters. The second kappa shape index (κ2) is 12.3. The molecule has 1 saturated heterocycles. The Morgan fingerprint density at radius 1 is 0.882 bits per heavy atom. The van der Waals surface area contributed by atoms with E-state index in [1.54, 1.807) is 6.21 Å². The summed E-state index contributed by atoms with van der Waals surface area (Å²) in [6.45, 7) is 5.34. The molecule has 0 aliphatic carbocycles. The van der Waals surface area contributed by atoms with E-state index >= 15 is 0 Å². The first-order chi connectivity index (χ1) is 16.6. The Kier molecular flexibility index (Phi) is 8.68. The average Bonchev–Trinajstić information content (AvgIpc) is 2.87. The largest absolute Gasteiger partial charge is 0.489 e. The van der Waals surface area contributed by atoms with Gasteiger partial charge in [-0.2, -0.15) is 5.10 Å². The lowest BCUT2D eigenvalue weighted by Crippen LogP contribution is -2.48. The normalized spacial score (nSPS) is 14.9. The molecule has 7 heteroatoms. The fraction of sp³-hybridized carbons (Fsp3) is 0.259. The number of piperazine rings is 1. The number of ether oxygens (including phenoxy) is 1. The quantitative estimate of drug-likeness (QED) is 0.371. The molecule has 0 unspecified atom stereocenters. The van der Waals surface area contributed by atoms with Crippen LogP contribution in [0.1, 0.15) is 16.7 Å². The monoisotopic (exact) mass is 476 g/mol. The molecule has 1 amide bonds. The maximum Gasteiger partial charge on any atom is 0.254 e. The lowest BCUT2D eigenvalue weighted by Gasteiger charge is -2.34. The molecule has 0 aromatic heterocycles. The first kappa shape index (κ1) is 24.0. The molecule has 1 aliphatic rings. The zero-order valence-corrected chi connectivity index (χ0v) is 19.8. The fourth-order valence-electron chi connectivity index (χ4n) is 3.76. The second-order valence-electron chi connectivity index (χ2n) is 8.32. The Bertz CT molecular complexity index is 1060. The standard InChI is InChI=1S/C27H29ClN4O2/c28-25-10-6-23(7-11-25)19-31-14-16-32(17-15-31)20-27(33)30-29-18-22-8-12-26(13-9-22)34-21-24-4-2-1-3-5-24/h1-13,18H,14-17,19-21H2,(H,30,33)/b29-18+. The molecule has 1 N–H and O–H groups in total. The summed E-state index contributed by atoms with van der Waals surface area (Å²) in [5.41, 5.74) is 5.89. The van der Waals surface area contributed by atoms with E-state index in [1.165, 1.54) is 5.56 Å². The van der Waals surface area contributed by atoms with E-state index in [0.717, 1.165) is 54.6 Å². The van der Waals surface area contributed by atoms with Crippen LogP contribution in [0.5, 0.6) is 5.75 Å². The third kappa shape index (κ3) is 7.70. The van der Waals surface area contributed by atoms with Crippen LogP contribution in [0.25, 0.3) is 0 Å². The van der Waals surface area contributed by atoms with Crippen molar-refractivity contribution in [2.24, 2.45) is 5.10 Å². The van der Waals surface area contributed by atoms with Crippen molar-refractivity contribution >= 4 is 23.7 Å². The summed E-state index contributed by atoms with van der Waals surface area (Å²) in [6.07, 6.45) is 1.64. The van der Waals surface area contributed by atoms with Gasteiger partial charge in [0.1, 0.15) is 12.4 Å². The number of carbonyl (C=O) groups is 1. The SMILES string of the molecule is O=C(CN1CCN(Cc2ccc(Cl)cc2)CC1)N/N=C/c1ccc(OCc2ccccc2)cc1. The zero-order valence-electron chi connectivity index (χ0n) is 19.1. The van der Waals surface area contributed by atoms with E-state index in [0.29, 0.717) is 13.2 Å². The molecular weight excluding hydrogens is 448 g/mol. The molecular formula is C27H29ClN4O2. The summed E-state index contributed by atoms with van der Waals surface area (Å²) in [4.78, 5) is 16.8. The van der Waals surface area contributed by atoms with Crippen LogP contribution in [0, 0.1) is 0 Å². The summed E-state index contributed by atoms with van der Waals surface area (Å²) in [5, 5.41) is 4.85. The second-order valence-corrected chi connectivity index (χ2v) is 8.75. The van der Waals surface area contributed by atoms with Crippen LogP contribution in [-0.4, -0.2) is 54.6 Å². The third-order valence-corrected chi connectivity index (χ3v) is 5.93. The molecule has 3 aromatic rings. The predicted molar refractivity (Wildman–Crippen MR) is 136 cm³/mol. The smallest absolute Gasteiger partial charge is 0.254 e. The van der Waals surface area contributed by atoms with E-state index < -0.39 is 0 Å². The highest BCUT2D eigenvalue weighted by molar-refractivity contribution is 6.30. The van der Waals surface area contributed by atoms with Crippen molar-refractivity contribution in [3.63, 3.8) is 0 Å². The highest BCUT2D eigenvalue weighted by Gasteiger charge is 2.18. The number of nitrogens with zero attached hydrogens (tertiary/aromatic N) is 3. The Balaban J connectivity index is 1.14. The first-order valence-electron chi connectivity index (χ1n) is 11.4. The van der Waals surface area contributed by atoms with Gasteiger partial charge in [0.2, 0.25) is 0 Å². The number of carbonyl (C=O) groups excluding carboxylic acids is 1. The fourth-order valence-corrected chi connectivity index (χ4v) is 3.89. The van der Waals surface area contributed by atoms with Gasteiger partial charge < -0.3 is 4.74 Å². The van der Waals surface area contributed by atoms with Crippen molar-refractivity contribution in [2.75, 3.05) is 32.7 Å². The summed E-state index contributed by atoms with van der Waals surface area (Å²) in [6, 6.07) is 25.6. The van der Waals surface area contributed by atoms with Crippen LogP contribution in [-0.2, 0) is 17.9 Å². The van der Waals surface area contributed by atoms with Crippen molar-refractivity contribution in [3.05, 3.63) is 101 Å². The number of benzene rings is 3. The molecule has 6 nitrogen and oxygen atoms in total. The molecule has 1 heterocycles. The number of hydrazone groups is 1. The minimum atomic E-state index is -0.106. The lowest BCUT2D eigenvalue weighted by atomic mass is 10.2. The number of halogens is 1. The van der Waals surface area contributed by atoms with Gasteiger partial charge >= 0.3 is 0 Å². The van der Waals surface area contributed by atoms with Gasteiger partial charge in [-0.15, -0.1) is 0 Å². The van der Waals surface area contributed by atoms with Crippen molar-refractivity contribution in [1.29, 1.82) is 0 Å². The van der Waals surface area contributed by atoms with Crippen LogP contribution < -0.4 is 10.2 Å². The van der Waals surface area contributed by atoms with Crippen molar-refractivity contribution in [2.45, 2.75) is 13.2 Å². The van der Waals surface area contributed by atoms with Crippen LogP contribution >= 0.6 is 11.6 Å². The van der Waals surface area contributed by atoms with Crippen molar-refractivity contribution in [1.82, 2.24) is 15.2 Å². The molecule has 0 spiro atoms. The molecule has 1 fully saturated rings. The summed E-state index contributed by atoms with van der Waals surface area (Å²) in [5.74, 6) is 0.686. The minimum Gasteiger partial charge on any atom is -0.489 e. The first-order valence-corrected chi connectivity index (χ1v) is 11.8. The zero-order chi connectivity index (χ0) is 23.6. The molecule has 34 heavy (non-hydrogen) atoms. The van der Waals surface area contributed by atoms with Crippen molar-refractivity contribution < 1.29 is 9.53 Å². The van der Waals surface area contributed by atoms with Gasteiger partial charge in [0, 0.05) is 37.7 Å². The number of hydrogen-bond donors (Lipinski definition) is 1. The molecule has 0 saturated carbocycles. The topological polar surface area (TPSA) is 57.2 Å². The van der Waals surface area contributed by atoms with E-state index in [2.05, 4.69) is 32.5 Å². The predicted octanol–water partition coefficient (Wildman–Crippen LogP) is 4.19. The van der Waals surface area contributed by atoms with Gasteiger partial charge in [-0.25, -0.2) is 5.43 Å². The Morgan fingerprint density at radius 2 is 1.56 bits per heavy atom. The molecule has 3 aromatic carbocycles. The van der Waals surface area contributed by atoms with E-state index in [4.69, 9.17) is 16.3 Å². The third-order valence-electron chi connectivity index (χ3n) is 5.68. The van der Waals surface area contributed by atoms with Gasteiger partial charge in [-0.05, 0) is 53.1 Å². The van der Waals surface area contributed by atoms with Crippen LogP contribution in [0.4, 0.5) is 0 Å². The van der Waals surface area contributed by atoms with Crippen LogP contribution in [0.2, 0.25) is 5.02 Å². The van der Waals surface area contributed by atoms with Crippen LogP contribution in [0.3, 0.4) is 0 Å². The minimum absolute atomic E-state index is 0.106. The summed E-state index contributed by atoms with van der Waals surface area (Å²) in [7, 11) is 0. The Labute approximate surface area is 205 Å². The van der Waals surface area contributed by atoms with Gasteiger partial charge in [-0.1, -0.05) is 54.1 Å². The number of hydrogen-bond acceptors (Lipinski definition) is 5. The summed E-state index contributed by atoms with van der Waals surface area (Å²) >= 11 is 5.96.